The summed E-state index contributed by atoms with van der Waals surface area (Å²) in [4.78, 5) is 0. The van der Waals surface area contributed by atoms with E-state index in [1.54, 1.807) is 0 Å². The van der Waals surface area contributed by atoms with Gasteiger partial charge in [0.2, 0.25) is 0 Å². The van der Waals surface area contributed by atoms with Crippen LogP contribution in [-0.4, -0.2) is 58.2 Å². The number of nitrogens with one attached hydrogen (secondary N) is 2. The molecule has 1 unspecified atom stereocenters. The van der Waals surface area contributed by atoms with Gasteiger partial charge in [-0.05, 0) is 12.8 Å². The minimum atomic E-state index is -3.37. The molecule has 0 aromatic rings. The Balaban J connectivity index is 2.45. The number of nitrogens with zero attached hydrogens (tertiary/aromatic N) is 1. The van der Waals surface area contributed by atoms with Gasteiger partial charge in [-0.1, -0.05) is 13.8 Å². The third-order valence-corrected chi connectivity index (χ3v) is 4.36. The first kappa shape index (κ1) is 15.8. The van der Waals surface area contributed by atoms with Crippen LogP contribution in [0.3, 0.4) is 0 Å². The molecule has 0 radical (unpaired) electrons. The Morgan fingerprint density at radius 2 is 2.00 bits per heavy atom. The summed E-state index contributed by atoms with van der Waals surface area (Å²) >= 11 is 0. The highest BCUT2D eigenvalue weighted by Crippen LogP contribution is 2.02. The van der Waals surface area contributed by atoms with E-state index in [1.807, 2.05) is 13.8 Å². The molecule has 0 spiro atoms. The highest BCUT2D eigenvalue weighted by Gasteiger charge is 2.22. The first-order valence-corrected chi connectivity index (χ1v) is 8.11. The molecule has 1 aliphatic heterocycles. The molecule has 0 bridgehead atoms. The summed E-state index contributed by atoms with van der Waals surface area (Å²) < 4.78 is 33.8. The van der Waals surface area contributed by atoms with E-state index in [2.05, 4.69) is 10.0 Å². The van der Waals surface area contributed by atoms with Gasteiger partial charge < -0.3 is 10.1 Å². The van der Waals surface area contributed by atoms with Crippen molar-refractivity contribution in [2.24, 2.45) is 0 Å². The molecular weight excluding hydrogens is 254 g/mol. The highest BCUT2D eigenvalue weighted by atomic mass is 32.2. The minimum Gasteiger partial charge on any atom is -0.374 e. The fourth-order valence-electron chi connectivity index (χ4n) is 1.89. The Hall–Kier alpha value is -0.210. The fraction of sp³-hybridized carbons (Fsp3) is 1.00. The molecule has 0 amide bonds. The van der Waals surface area contributed by atoms with Crippen LogP contribution in [0.1, 0.15) is 26.7 Å². The monoisotopic (exact) mass is 279 g/mol. The fourth-order valence-corrected chi connectivity index (χ4v) is 3.32. The topological polar surface area (TPSA) is 70.7 Å². The van der Waals surface area contributed by atoms with Crippen molar-refractivity contribution in [1.82, 2.24) is 14.3 Å². The van der Waals surface area contributed by atoms with Crippen LogP contribution in [-0.2, 0) is 14.9 Å². The number of rotatable bonds is 8. The Labute approximate surface area is 110 Å². The smallest absolute Gasteiger partial charge is 0.279 e. The van der Waals surface area contributed by atoms with Gasteiger partial charge in [0.15, 0.2) is 0 Å². The summed E-state index contributed by atoms with van der Waals surface area (Å²) in [5.41, 5.74) is 0. The lowest BCUT2D eigenvalue weighted by molar-refractivity contribution is 0.0322. The predicted molar refractivity (Wildman–Crippen MR) is 71.7 cm³/mol. The second kappa shape index (κ2) is 8.06. The lowest BCUT2D eigenvalue weighted by atomic mass is 10.3. The van der Waals surface area contributed by atoms with Gasteiger partial charge in [-0.3, -0.25) is 0 Å². The van der Waals surface area contributed by atoms with E-state index < -0.39 is 10.2 Å². The molecule has 6 nitrogen and oxygen atoms in total. The Kier molecular flexibility index (Phi) is 7.10. The summed E-state index contributed by atoms with van der Waals surface area (Å²) in [6, 6.07) is 0. The molecule has 108 valence electrons. The van der Waals surface area contributed by atoms with Crippen molar-refractivity contribution in [2.45, 2.75) is 32.8 Å². The number of ether oxygens (including phenoxy) is 1. The van der Waals surface area contributed by atoms with Crippen LogP contribution in [0.4, 0.5) is 0 Å². The second-order valence-corrected chi connectivity index (χ2v) is 6.20. The van der Waals surface area contributed by atoms with Crippen molar-refractivity contribution in [2.75, 3.05) is 39.3 Å². The van der Waals surface area contributed by atoms with Crippen molar-refractivity contribution >= 4 is 10.2 Å². The summed E-state index contributed by atoms with van der Waals surface area (Å²) in [6.07, 6.45) is 1.57. The van der Waals surface area contributed by atoms with Crippen LogP contribution in [0.2, 0.25) is 0 Å². The third kappa shape index (κ3) is 5.19. The standard InChI is InChI=1S/C11H25N3O3S/c1-3-6-14(7-4-2)18(15,16)13-10-11-9-12-5-8-17-11/h11-13H,3-10H2,1-2H3. The molecule has 1 rings (SSSR count). The van der Waals surface area contributed by atoms with E-state index >= 15 is 0 Å². The molecule has 18 heavy (non-hydrogen) atoms. The number of hydrogen-bond donors (Lipinski definition) is 2. The van der Waals surface area contributed by atoms with Crippen LogP contribution < -0.4 is 10.0 Å². The average molecular weight is 279 g/mol. The van der Waals surface area contributed by atoms with Gasteiger partial charge >= 0.3 is 0 Å². The van der Waals surface area contributed by atoms with E-state index in [0.29, 0.717) is 32.8 Å². The van der Waals surface area contributed by atoms with Crippen LogP contribution in [0.25, 0.3) is 0 Å². The molecular formula is C11H25N3O3S. The SMILES string of the molecule is CCCN(CCC)S(=O)(=O)NCC1CNCCO1. The molecule has 0 saturated carbocycles. The zero-order valence-corrected chi connectivity index (χ0v) is 12.1. The maximum atomic E-state index is 12.1. The average Bonchev–Trinajstić information content (AvgIpc) is 2.37. The lowest BCUT2D eigenvalue weighted by Crippen LogP contribution is -2.48. The van der Waals surface area contributed by atoms with Gasteiger partial charge in [0.1, 0.15) is 0 Å². The van der Waals surface area contributed by atoms with Gasteiger partial charge in [-0.25, -0.2) is 0 Å². The third-order valence-electron chi connectivity index (χ3n) is 2.78. The summed E-state index contributed by atoms with van der Waals surface area (Å²) in [6.45, 7) is 7.59. The van der Waals surface area contributed by atoms with E-state index in [1.165, 1.54) is 4.31 Å². The molecule has 2 N–H and O–H groups in total. The normalized spacial score (nSPS) is 21.4. The number of hydrogen-bond acceptors (Lipinski definition) is 4. The molecule has 0 aromatic heterocycles. The highest BCUT2D eigenvalue weighted by molar-refractivity contribution is 7.87. The maximum absolute atomic E-state index is 12.1. The second-order valence-electron chi connectivity index (χ2n) is 4.45. The van der Waals surface area contributed by atoms with Gasteiger partial charge in [0.25, 0.3) is 10.2 Å². The summed E-state index contributed by atoms with van der Waals surface area (Å²) in [5, 5.41) is 3.18. The Morgan fingerprint density at radius 3 is 2.50 bits per heavy atom. The molecule has 1 atom stereocenters. The largest absolute Gasteiger partial charge is 0.374 e. The first-order valence-electron chi connectivity index (χ1n) is 6.67. The van der Waals surface area contributed by atoms with Crippen molar-refractivity contribution in [3.63, 3.8) is 0 Å². The predicted octanol–water partition coefficient (Wildman–Crippen LogP) is -0.0688. The van der Waals surface area contributed by atoms with Crippen molar-refractivity contribution in [3.8, 4) is 0 Å². The van der Waals surface area contributed by atoms with Gasteiger partial charge in [-0.15, -0.1) is 0 Å². The summed E-state index contributed by atoms with van der Waals surface area (Å²) in [5.74, 6) is 0. The van der Waals surface area contributed by atoms with E-state index in [9.17, 15) is 8.42 Å². The molecule has 1 aliphatic rings. The van der Waals surface area contributed by atoms with Crippen molar-refractivity contribution in [1.29, 1.82) is 0 Å². The zero-order valence-electron chi connectivity index (χ0n) is 11.3. The van der Waals surface area contributed by atoms with Crippen LogP contribution in [0.15, 0.2) is 0 Å². The molecule has 1 saturated heterocycles. The van der Waals surface area contributed by atoms with Gasteiger partial charge in [-0.2, -0.15) is 17.4 Å². The molecule has 0 aliphatic carbocycles. The molecule has 0 aromatic carbocycles. The van der Waals surface area contributed by atoms with Crippen molar-refractivity contribution in [3.05, 3.63) is 0 Å². The van der Waals surface area contributed by atoms with Gasteiger partial charge in [0.05, 0.1) is 12.7 Å². The summed E-state index contributed by atoms with van der Waals surface area (Å²) in [7, 11) is -3.37. The Morgan fingerprint density at radius 1 is 1.33 bits per heavy atom. The lowest BCUT2D eigenvalue weighted by Gasteiger charge is -2.26. The number of morpholine rings is 1. The van der Waals surface area contributed by atoms with Crippen LogP contribution in [0, 0.1) is 0 Å². The minimum absolute atomic E-state index is 0.0707. The quantitative estimate of drug-likeness (QED) is 0.652. The van der Waals surface area contributed by atoms with Crippen molar-refractivity contribution < 1.29 is 13.2 Å². The molecule has 1 fully saturated rings. The van der Waals surface area contributed by atoms with Crippen LogP contribution in [0.5, 0.6) is 0 Å². The molecule has 7 heteroatoms. The van der Waals surface area contributed by atoms with E-state index in [0.717, 1.165) is 19.4 Å². The van der Waals surface area contributed by atoms with Crippen LogP contribution >= 0.6 is 0 Å². The van der Waals surface area contributed by atoms with E-state index in [-0.39, 0.29) is 6.10 Å². The van der Waals surface area contributed by atoms with Gasteiger partial charge in [0, 0.05) is 32.7 Å². The molecule has 1 heterocycles. The first-order chi connectivity index (χ1) is 8.60. The zero-order chi connectivity index (χ0) is 13.4. The maximum Gasteiger partial charge on any atom is 0.279 e. The Bertz CT molecular complexity index is 309. The van der Waals surface area contributed by atoms with E-state index in [4.69, 9.17) is 4.74 Å².